The number of H-pyrrole nitrogens is 1. The molecule has 0 saturated carbocycles. The molecule has 0 fully saturated rings. The van der Waals surface area contributed by atoms with E-state index in [2.05, 4.69) is 20.9 Å². The van der Waals surface area contributed by atoms with Crippen LogP contribution in [0.2, 0.25) is 0 Å². The molecule has 3 heteroatoms. The molecule has 0 aliphatic heterocycles. The van der Waals surface area contributed by atoms with E-state index in [1.807, 2.05) is 60.8 Å². The Kier molecular flexibility index (Phi) is 3.52. The van der Waals surface area contributed by atoms with Crippen LogP contribution in [0.15, 0.2) is 71.5 Å². The molecule has 2 aromatic carbocycles. The number of rotatable bonds is 3. The van der Waals surface area contributed by atoms with Crippen LogP contribution in [0, 0.1) is 0 Å². The third-order valence-electron chi connectivity index (χ3n) is 3.18. The second-order valence-corrected chi connectivity index (χ2v) is 5.40. The summed E-state index contributed by atoms with van der Waals surface area (Å²) in [6, 6.07) is 17.3. The van der Waals surface area contributed by atoms with Gasteiger partial charge in [0.15, 0.2) is 5.78 Å². The molecule has 2 nitrogen and oxygen atoms in total. The molecule has 0 amide bonds. The van der Waals surface area contributed by atoms with Crippen LogP contribution in [-0.2, 0) is 0 Å². The molecule has 0 bridgehead atoms. The molecule has 0 spiro atoms. The molecule has 0 atom stereocenters. The number of carbonyl (C=O) groups excluding carboxylic acids is 1. The maximum Gasteiger partial charge on any atom is 0.195 e. The van der Waals surface area contributed by atoms with Crippen LogP contribution in [-0.4, -0.2) is 10.8 Å². The van der Waals surface area contributed by atoms with Gasteiger partial charge in [0.1, 0.15) is 0 Å². The van der Waals surface area contributed by atoms with Gasteiger partial charge in [0.2, 0.25) is 0 Å². The Labute approximate surface area is 125 Å². The molecule has 0 unspecified atom stereocenters. The van der Waals surface area contributed by atoms with E-state index in [4.69, 9.17) is 0 Å². The van der Waals surface area contributed by atoms with E-state index in [0.29, 0.717) is 11.1 Å². The first kappa shape index (κ1) is 12.9. The van der Waals surface area contributed by atoms with Crippen molar-refractivity contribution >= 4 is 21.7 Å². The van der Waals surface area contributed by atoms with Crippen LogP contribution in [0.5, 0.6) is 0 Å². The molecular formula is C17H12BrNO. The Morgan fingerprint density at radius 2 is 1.60 bits per heavy atom. The average Bonchev–Trinajstić information content (AvgIpc) is 2.97. The molecule has 0 aliphatic rings. The van der Waals surface area contributed by atoms with Gasteiger partial charge in [-0.3, -0.25) is 4.79 Å². The summed E-state index contributed by atoms with van der Waals surface area (Å²) >= 11 is 3.38. The minimum absolute atomic E-state index is 0.0256. The zero-order chi connectivity index (χ0) is 13.9. The number of benzene rings is 2. The molecule has 0 saturated heterocycles. The predicted octanol–water partition coefficient (Wildman–Crippen LogP) is 4.68. The molecule has 3 rings (SSSR count). The molecule has 1 heterocycles. The van der Waals surface area contributed by atoms with Gasteiger partial charge in [0.05, 0.1) is 0 Å². The summed E-state index contributed by atoms with van der Waals surface area (Å²) in [5.41, 5.74) is 3.34. The van der Waals surface area contributed by atoms with Gasteiger partial charge >= 0.3 is 0 Å². The Hall–Kier alpha value is -2.13. The van der Waals surface area contributed by atoms with Gasteiger partial charge in [-0.05, 0) is 29.8 Å². The fourth-order valence-electron chi connectivity index (χ4n) is 2.17. The predicted molar refractivity (Wildman–Crippen MR) is 83.8 cm³/mol. The van der Waals surface area contributed by atoms with E-state index in [1.165, 1.54) is 0 Å². The fourth-order valence-corrected chi connectivity index (χ4v) is 2.43. The quantitative estimate of drug-likeness (QED) is 0.697. The zero-order valence-corrected chi connectivity index (χ0v) is 12.2. The van der Waals surface area contributed by atoms with Crippen molar-refractivity contribution in [1.82, 2.24) is 4.98 Å². The van der Waals surface area contributed by atoms with Crippen molar-refractivity contribution in [2.24, 2.45) is 0 Å². The van der Waals surface area contributed by atoms with E-state index < -0.39 is 0 Å². The highest BCUT2D eigenvalue weighted by atomic mass is 79.9. The largest absolute Gasteiger partial charge is 0.366 e. The first-order chi connectivity index (χ1) is 9.75. The number of carbonyl (C=O) groups is 1. The second-order valence-electron chi connectivity index (χ2n) is 4.48. The number of halogens is 1. The Morgan fingerprint density at radius 3 is 2.30 bits per heavy atom. The van der Waals surface area contributed by atoms with Crippen LogP contribution < -0.4 is 0 Å². The third kappa shape index (κ3) is 2.45. The van der Waals surface area contributed by atoms with Crippen molar-refractivity contribution in [1.29, 1.82) is 0 Å². The summed E-state index contributed by atoms with van der Waals surface area (Å²) < 4.78 is 0.964. The van der Waals surface area contributed by atoms with Crippen LogP contribution in [0.25, 0.3) is 11.1 Å². The molecular weight excluding hydrogens is 314 g/mol. The standard InChI is InChI=1S/C17H12BrNO/c18-14-8-6-13(7-9-14)17(20)16-11-19-10-15(16)12-4-2-1-3-5-12/h1-11,19H. The fraction of sp³-hybridized carbons (Fsp3) is 0. The third-order valence-corrected chi connectivity index (χ3v) is 3.71. The van der Waals surface area contributed by atoms with Gasteiger partial charge in [-0.2, -0.15) is 0 Å². The number of hydrogen-bond acceptors (Lipinski definition) is 1. The molecule has 98 valence electrons. The van der Waals surface area contributed by atoms with Crippen molar-refractivity contribution in [2.75, 3.05) is 0 Å². The van der Waals surface area contributed by atoms with E-state index in [1.54, 1.807) is 6.20 Å². The SMILES string of the molecule is O=C(c1ccc(Br)cc1)c1c[nH]cc1-c1ccccc1. The number of ketones is 1. The normalized spacial score (nSPS) is 10.4. The van der Waals surface area contributed by atoms with E-state index in [0.717, 1.165) is 15.6 Å². The average molecular weight is 326 g/mol. The van der Waals surface area contributed by atoms with Crippen LogP contribution >= 0.6 is 15.9 Å². The number of aromatic amines is 1. The highest BCUT2D eigenvalue weighted by Gasteiger charge is 2.15. The number of hydrogen-bond donors (Lipinski definition) is 1. The van der Waals surface area contributed by atoms with Gasteiger partial charge in [-0.1, -0.05) is 46.3 Å². The lowest BCUT2D eigenvalue weighted by Crippen LogP contribution is -2.01. The van der Waals surface area contributed by atoms with E-state index >= 15 is 0 Å². The number of aromatic nitrogens is 1. The molecule has 0 radical (unpaired) electrons. The first-order valence-electron chi connectivity index (χ1n) is 6.28. The summed E-state index contributed by atoms with van der Waals surface area (Å²) in [5.74, 6) is 0.0256. The summed E-state index contributed by atoms with van der Waals surface area (Å²) in [6.45, 7) is 0. The molecule has 3 aromatic rings. The molecule has 1 aromatic heterocycles. The lowest BCUT2D eigenvalue weighted by atomic mass is 9.98. The maximum absolute atomic E-state index is 12.6. The first-order valence-corrected chi connectivity index (χ1v) is 7.07. The molecule has 0 aliphatic carbocycles. The van der Waals surface area contributed by atoms with Crippen LogP contribution in [0.3, 0.4) is 0 Å². The van der Waals surface area contributed by atoms with Crippen LogP contribution in [0.1, 0.15) is 15.9 Å². The highest BCUT2D eigenvalue weighted by Crippen LogP contribution is 2.25. The van der Waals surface area contributed by atoms with Crippen molar-refractivity contribution in [2.45, 2.75) is 0 Å². The van der Waals surface area contributed by atoms with E-state index in [-0.39, 0.29) is 5.78 Å². The van der Waals surface area contributed by atoms with Gasteiger partial charge in [-0.15, -0.1) is 0 Å². The van der Waals surface area contributed by atoms with Gasteiger partial charge in [0.25, 0.3) is 0 Å². The van der Waals surface area contributed by atoms with E-state index in [9.17, 15) is 4.79 Å². The molecule has 1 N–H and O–H groups in total. The summed E-state index contributed by atoms with van der Waals surface area (Å²) in [6.07, 6.45) is 3.62. The van der Waals surface area contributed by atoms with Crippen molar-refractivity contribution in [3.05, 3.63) is 82.6 Å². The van der Waals surface area contributed by atoms with Crippen molar-refractivity contribution < 1.29 is 4.79 Å². The lowest BCUT2D eigenvalue weighted by molar-refractivity contribution is 0.103. The summed E-state index contributed by atoms with van der Waals surface area (Å²) in [4.78, 5) is 15.6. The topological polar surface area (TPSA) is 32.9 Å². The monoisotopic (exact) mass is 325 g/mol. The Bertz CT molecular complexity index is 729. The van der Waals surface area contributed by atoms with Gasteiger partial charge in [0, 0.05) is 33.6 Å². The molecule has 20 heavy (non-hydrogen) atoms. The summed E-state index contributed by atoms with van der Waals surface area (Å²) in [7, 11) is 0. The van der Waals surface area contributed by atoms with Crippen LogP contribution in [0.4, 0.5) is 0 Å². The highest BCUT2D eigenvalue weighted by molar-refractivity contribution is 9.10. The minimum atomic E-state index is 0.0256. The van der Waals surface area contributed by atoms with Crippen molar-refractivity contribution in [3.8, 4) is 11.1 Å². The maximum atomic E-state index is 12.6. The number of nitrogens with one attached hydrogen (secondary N) is 1. The van der Waals surface area contributed by atoms with Gasteiger partial charge < -0.3 is 4.98 Å². The van der Waals surface area contributed by atoms with Crippen molar-refractivity contribution in [3.63, 3.8) is 0 Å². The zero-order valence-electron chi connectivity index (χ0n) is 10.6. The second kappa shape index (κ2) is 5.47. The minimum Gasteiger partial charge on any atom is -0.366 e. The smallest absolute Gasteiger partial charge is 0.195 e. The van der Waals surface area contributed by atoms with Gasteiger partial charge in [-0.25, -0.2) is 0 Å². The Balaban J connectivity index is 2.02. The summed E-state index contributed by atoms with van der Waals surface area (Å²) in [5, 5.41) is 0. The lowest BCUT2D eigenvalue weighted by Gasteiger charge is -2.04. The Morgan fingerprint density at radius 1 is 0.900 bits per heavy atom.